The molecule has 0 aliphatic carbocycles. The molecule has 0 fully saturated rings. The summed E-state index contributed by atoms with van der Waals surface area (Å²) in [6.45, 7) is 3.76. The summed E-state index contributed by atoms with van der Waals surface area (Å²) in [7, 11) is 0. The summed E-state index contributed by atoms with van der Waals surface area (Å²) in [5.41, 5.74) is 1.02. The predicted molar refractivity (Wildman–Crippen MR) is 87.6 cm³/mol. The molecule has 0 bridgehead atoms. The first-order valence-electron chi connectivity index (χ1n) is 6.73. The van der Waals surface area contributed by atoms with E-state index in [0.717, 1.165) is 18.5 Å². The third kappa shape index (κ3) is 4.43. The average Bonchev–Trinajstić information content (AvgIpc) is 2.47. The maximum absolute atomic E-state index is 13.6. The maximum atomic E-state index is 13.6. The van der Waals surface area contributed by atoms with E-state index in [-0.39, 0.29) is 5.02 Å². The van der Waals surface area contributed by atoms with E-state index in [2.05, 4.69) is 28.2 Å². The lowest BCUT2D eigenvalue weighted by Gasteiger charge is -2.13. The van der Waals surface area contributed by atoms with Crippen LogP contribution >= 0.6 is 27.5 Å². The Morgan fingerprint density at radius 2 is 2.00 bits per heavy atom. The first kappa shape index (κ1) is 16.3. The van der Waals surface area contributed by atoms with Gasteiger partial charge in [-0.05, 0) is 41.0 Å². The van der Waals surface area contributed by atoms with Gasteiger partial charge in [-0.2, -0.15) is 0 Å². The lowest BCUT2D eigenvalue weighted by atomic mass is 10.2. The lowest BCUT2D eigenvalue weighted by Crippen LogP contribution is -2.14. The third-order valence-corrected chi connectivity index (χ3v) is 3.82. The third-order valence-electron chi connectivity index (χ3n) is 2.91. The largest absolute Gasteiger partial charge is 0.456 e. The summed E-state index contributed by atoms with van der Waals surface area (Å²) in [5.74, 6) is 0.597. The Morgan fingerprint density at radius 1 is 1.24 bits per heavy atom. The van der Waals surface area contributed by atoms with Crippen LogP contribution in [0.15, 0.2) is 40.9 Å². The number of rotatable bonds is 6. The van der Waals surface area contributed by atoms with E-state index in [1.807, 2.05) is 24.3 Å². The minimum Gasteiger partial charge on any atom is -0.456 e. The zero-order valence-electron chi connectivity index (χ0n) is 11.6. The van der Waals surface area contributed by atoms with Crippen molar-refractivity contribution in [2.24, 2.45) is 0 Å². The van der Waals surface area contributed by atoms with Crippen molar-refractivity contribution in [2.75, 3.05) is 6.54 Å². The van der Waals surface area contributed by atoms with Crippen molar-refractivity contribution in [2.45, 2.75) is 19.9 Å². The van der Waals surface area contributed by atoms with Gasteiger partial charge in [-0.15, -0.1) is 0 Å². The average molecular weight is 373 g/mol. The van der Waals surface area contributed by atoms with Crippen LogP contribution in [0.1, 0.15) is 18.9 Å². The molecule has 2 rings (SSSR count). The monoisotopic (exact) mass is 371 g/mol. The van der Waals surface area contributed by atoms with Gasteiger partial charge < -0.3 is 10.1 Å². The fraction of sp³-hybridized carbons (Fsp3) is 0.250. The normalized spacial score (nSPS) is 10.7. The van der Waals surface area contributed by atoms with Crippen molar-refractivity contribution in [3.05, 3.63) is 57.3 Å². The molecule has 0 radical (unpaired) electrons. The number of nitrogens with one attached hydrogen (secondary N) is 1. The molecular weight excluding hydrogens is 357 g/mol. The molecule has 0 amide bonds. The second-order valence-corrected chi connectivity index (χ2v) is 5.84. The fourth-order valence-corrected chi connectivity index (χ4v) is 2.57. The summed E-state index contributed by atoms with van der Waals surface area (Å²) in [6.07, 6.45) is 1.07. The highest BCUT2D eigenvalue weighted by Gasteiger charge is 2.11. The van der Waals surface area contributed by atoms with E-state index in [1.54, 1.807) is 0 Å². The van der Waals surface area contributed by atoms with Gasteiger partial charge in [0, 0.05) is 18.2 Å². The minimum atomic E-state index is -0.503. The fourth-order valence-electron chi connectivity index (χ4n) is 1.85. The van der Waals surface area contributed by atoms with Crippen LogP contribution in [0.2, 0.25) is 5.02 Å². The number of benzene rings is 2. The highest BCUT2D eigenvalue weighted by atomic mass is 79.9. The molecule has 0 saturated carbocycles. The molecule has 0 heterocycles. The van der Waals surface area contributed by atoms with Crippen molar-refractivity contribution in [1.29, 1.82) is 0 Å². The molecule has 2 nitrogen and oxygen atoms in total. The van der Waals surface area contributed by atoms with Crippen molar-refractivity contribution in [1.82, 2.24) is 5.32 Å². The summed E-state index contributed by atoms with van der Waals surface area (Å²) in [5, 5.41) is 3.39. The molecule has 2 aromatic carbocycles. The SMILES string of the molecule is CCCNCc1ccccc1Oc1cc(F)c(Cl)cc1Br. The van der Waals surface area contributed by atoms with Crippen LogP contribution in [0.3, 0.4) is 0 Å². The Kier molecular flexibility index (Phi) is 6.03. The molecule has 0 spiro atoms. The number of hydrogen-bond acceptors (Lipinski definition) is 2. The molecule has 5 heteroatoms. The Bertz CT molecular complexity index is 621. The van der Waals surface area contributed by atoms with Crippen LogP contribution in [-0.2, 0) is 6.54 Å². The molecule has 112 valence electrons. The number of hydrogen-bond donors (Lipinski definition) is 1. The Morgan fingerprint density at radius 3 is 2.76 bits per heavy atom. The highest BCUT2D eigenvalue weighted by molar-refractivity contribution is 9.10. The van der Waals surface area contributed by atoms with E-state index >= 15 is 0 Å². The summed E-state index contributed by atoms with van der Waals surface area (Å²) in [4.78, 5) is 0. The molecule has 21 heavy (non-hydrogen) atoms. The second-order valence-electron chi connectivity index (χ2n) is 4.58. The molecule has 1 N–H and O–H groups in total. The zero-order chi connectivity index (χ0) is 15.2. The lowest BCUT2D eigenvalue weighted by molar-refractivity contribution is 0.464. The van der Waals surface area contributed by atoms with Gasteiger partial charge >= 0.3 is 0 Å². The molecule has 0 aromatic heterocycles. The maximum Gasteiger partial charge on any atom is 0.145 e. The quantitative estimate of drug-likeness (QED) is 0.531. The van der Waals surface area contributed by atoms with Gasteiger partial charge in [-0.25, -0.2) is 4.39 Å². The predicted octanol–water partition coefficient (Wildman–Crippen LogP) is 5.53. The first-order chi connectivity index (χ1) is 10.1. The van der Waals surface area contributed by atoms with Gasteiger partial charge in [0.15, 0.2) is 0 Å². The van der Waals surface area contributed by atoms with Crippen LogP contribution in [0.25, 0.3) is 0 Å². The van der Waals surface area contributed by atoms with Gasteiger partial charge in [-0.3, -0.25) is 0 Å². The van der Waals surface area contributed by atoms with E-state index in [1.165, 1.54) is 12.1 Å². The van der Waals surface area contributed by atoms with Crippen molar-refractivity contribution in [3.63, 3.8) is 0 Å². The zero-order valence-corrected chi connectivity index (χ0v) is 14.0. The standard InChI is InChI=1S/C16H16BrClFNO/c1-2-7-20-10-11-5-3-4-6-15(11)21-16-9-14(19)13(18)8-12(16)17/h3-6,8-9,20H,2,7,10H2,1H3. The van der Waals surface area contributed by atoms with E-state index in [0.29, 0.717) is 22.5 Å². The molecule has 0 aliphatic rings. The van der Waals surface area contributed by atoms with Gasteiger partial charge in [0.05, 0.1) is 9.50 Å². The summed E-state index contributed by atoms with van der Waals surface area (Å²) < 4.78 is 20.0. The second kappa shape index (κ2) is 7.78. The summed E-state index contributed by atoms with van der Waals surface area (Å²) >= 11 is 9.07. The topological polar surface area (TPSA) is 21.3 Å². The van der Waals surface area contributed by atoms with Crippen molar-refractivity contribution < 1.29 is 9.13 Å². The minimum absolute atomic E-state index is 0.0622. The summed E-state index contributed by atoms with van der Waals surface area (Å²) in [6, 6.07) is 10.5. The molecular formula is C16H16BrClFNO. The van der Waals surface area contributed by atoms with Crippen LogP contribution in [0.5, 0.6) is 11.5 Å². The number of halogens is 3. The molecule has 0 unspecified atom stereocenters. The smallest absolute Gasteiger partial charge is 0.145 e. The molecule has 0 atom stereocenters. The van der Waals surface area contributed by atoms with E-state index < -0.39 is 5.82 Å². The van der Waals surface area contributed by atoms with Gasteiger partial charge in [0.2, 0.25) is 0 Å². The van der Waals surface area contributed by atoms with Crippen molar-refractivity contribution >= 4 is 27.5 Å². The van der Waals surface area contributed by atoms with Gasteiger partial charge in [0.25, 0.3) is 0 Å². The van der Waals surface area contributed by atoms with Crippen molar-refractivity contribution in [3.8, 4) is 11.5 Å². The van der Waals surface area contributed by atoms with Gasteiger partial charge in [0.1, 0.15) is 17.3 Å². The Balaban J connectivity index is 2.21. The molecule has 0 aliphatic heterocycles. The highest BCUT2D eigenvalue weighted by Crippen LogP contribution is 2.34. The van der Waals surface area contributed by atoms with Crippen LogP contribution in [-0.4, -0.2) is 6.54 Å². The number of para-hydroxylation sites is 1. The van der Waals surface area contributed by atoms with Crippen LogP contribution in [0.4, 0.5) is 4.39 Å². The van der Waals surface area contributed by atoms with E-state index in [4.69, 9.17) is 16.3 Å². The van der Waals surface area contributed by atoms with E-state index in [9.17, 15) is 4.39 Å². The first-order valence-corrected chi connectivity index (χ1v) is 7.90. The van der Waals surface area contributed by atoms with Crippen LogP contribution < -0.4 is 10.1 Å². The molecule has 2 aromatic rings. The van der Waals surface area contributed by atoms with Gasteiger partial charge in [-0.1, -0.05) is 36.7 Å². The van der Waals surface area contributed by atoms with Crippen LogP contribution in [0, 0.1) is 5.82 Å². The Hall–Kier alpha value is -1.10. The molecule has 0 saturated heterocycles. The Labute approximate surface area is 137 Å². The number of ether oxygens (including phenoxy) is 1.